The third-order valence-electron chi connectivity index (χ3n) is 3.85. The number of urea groups is 1. The summed E-state index contributed by atoms with van der Waals surface area (Å²) in [7, 11) is 0. The molecular formula is C21H29N3O2. The first-order chi connectivity index (χ1) is 12.5. The molecule has 0 fully saturated rings. The molecule has 5 heteroatoms. The summed E-state index contributed by atoms with van der Waals surface area (Å²) in [6.45, 7) is 8.58. The van der Waals surface area contributed by atoms with Crippen molar-refractivity contribution in [2.45, 2.75) is 52.8 Å². The normalized spacial score (nSPS) is 12.1. The standard InChI is InChI=1S/C21H29N3O2/c1-15(2)13-19(17-9-6-5-7-10-17)24-21(25)23-14-18-11-8-12-22-20(18)26-16(3)4/h5-12,15-16,19H,13-14H2,1-4H3,(H2,23,24,25). The van der Waals surface area contributed by atoms with Gasteiger partial charge in [-0.05, 0) is 37.8 Å². The quantitative estimate of drug-likeness (QED) is 0.735. The largest absolute Gasteiger partial charge is 0.475 e. The van der Waals surface area contributed by atoms with Gasteiger partial charge in [0.05, 0.1) is 12.1 Å². The van der Waals surface area contributed by atoms with Gasteiger partial charge in [-0.1, -0.05) is 50.2 Å². The molecule has 1 atom stereocenters. The Morgan fingerprint density at radius 1 is 1.08 bits per heavy atom. The topological polar surface area (TPSA) is 63.2 Å². The maximum absolute atomic E-state index is 12.4. The van der Waals surface area contributed by atoms with E-state index in [0.717, 1.165) is 17.5 Å². The Morgan fingerprint density at radius 2 is 1.81 bits per heavy atom. The van der Waals surface area contributed by atoms with E-state index in [9.17, 15) is 4.79 Å². The van der Waals surface area contributed by atoms with Gasteiger partial charge < -0.3 is 15.4 Å². The number of aromatic nitrogens is 1. The van der Waals surface area contributed by atoms with E-state index in [-0.39, 0.29) is 18.2 Å². The fraction of sp³-hybridized carbons (Fsp3) is 0.429. The van der Waals surface area contributed by atoms with Crippen LogP contribution in [-0.2, 0) is 6.54 Å². The fourth-order valence-electron chi connectivity index (χ4n) is 2.71. The van der Waals surface area contributed by atoms with Crippen LogP contribution in [0.1, 0.15) is 51.3 Å². The molecule has 1 aromatic carbocycles. The van der Waals surface area contributed by atoms with E-state index in [2.05, 4.69) is 29.5 Å². The first kappa shape index (κ1) is 19.8. The number of carbonyl (C=O) groups is 1. The molecule has 2 amide bonds. The van der Waals surface area contributed by atoms with Gasteiger partial charge in [-0.2, -0.15) is 0 Å². The molecule has 140 valence electrons. The summed E-state index contributed by atoms with van der Waals surface area (Å²) in [6.07, 6.45) is 2.60. The molecule has 26 heavy (non-hydrogen) atoms. The molecule has 0 saturated carbocycles. The first-order valence-electron chi connectivity index (χ1n) is 9.15. The molecule has 1 unspecified atom stereocenters. The van der Waals surface area contributed by atoms with Crippen LogP contribution < -0.4 is 15.4 Å². The number of rotatable bonds is 8. The van der Waals surface area contributed by atoms with Gasteiger partial charge in [0.25, 0.3) is 0 Å². The molecule has 0 radical (unpaired) electrons. The minimum absolute atomic E-state index is 0.0171. The maximum Gasteiger partial charge on any atom is 0.315 e. The van der Waals surface area contributed by atoms with Crippen LogP contribution in [0.4, 0.5) is 4.79 Å². The van der Waals surface area contributed by atoms with Crippen LogP contribution in [0.2, 0.25) is 0 Å². The maximum atomic E-state index is 12.4. The SMILES string of the molecule is CC(C)CC(NC(=O)NCc1cccnc1OC(C)C)c1ccccc1. The van der Waals surface area contributed by atoms with E-state index in [1.807, 2.05) is 56.3 Å². The third-order valence-corrected chi connectivity index (χ3v) is 3.85. The Bertz CT molecular complexity index is 687. The van der Waals surface area contributed by atoms with Gasteiger partial charge in [0.1, 0.15) is 0 Å². The lowest BCUT2D eigenvalue weighted by molar-refractivity contribution is 0.227. The van der Waals surface area contributed by atoms with Gasteiger partial charge in [-0.15, -0.1) is 0 Å². The Balaban J connectivity index is 1.98. The van der Waals surface area contributed by atoms with Crippen molar-refractivity contribution in [3.05, 3.63) is 59.8 Å². The number of pyridine rings is 1. The summed E-state index contributed by atoms with van der Waals surface area (Å²) in [5.74, 6) is 1.04. The predicted octanol–water partition coefficient (Wildman–Crippen LogP) is 4.46. The number of hydrogen-bond acceptors (Lipinski definition) is 3. The number of amides is 2. The Kier molecular flexibility index (Phi) is 7.45. The number of carbonyl (C=O) groups excluding carboxylic acids is 1. The van der Waals surface area contributed by atoms with Crippen molar-refractivity contribution in [2.75, 3.05) is 0 Å². The molecule has 0 saturated heterocycles. The highest BCUT2D eigenvalue weighted by Gasteiger charge is 2.16. The molecular weight excluding hydrogens is 326 g/mol. The number of benzene rings is 1. The molecule has 0 bridgehead atoms. The van der Waals surface area contributed by atoms with Crippen molar-refractivity contribution in [3.8, 4) is 5.88 Å². The van der Waals surface area contributed by atoms with E-state index >= 15 is 0 Å². The Hall–Kier alpha value is -2.56. The van der Waals surface area contributed by atoms with Crippen LogP contribution in [-0.4, -0.2) is 17.1 Å². The summed E-state index contributed by atoms with van der Waals surface area (Å²) >= 11 is 0. The van der Waals surface area contributed by atoms with Gasteiger partial charge in [-0.25, -0.2) is 9.78 Å². The Morgan fingerprint density at radius 3 is 2.46 bits per heavy atom. The van der Waals surface area contributed by atoms with Crippen LogP contribution >= 0.6 is 0 Å². The zero-order valence-corrected chi connectivity index (χ0v) is 16.0. The highest BCUT2D eigenvalue weighted by molar-refractivity contribution is 5.74. The molecule has 2 aromatic rings. The van der Waals surface area contributed by atoms with Crippen molar-refractivity contribution < 1.29 is 9.53 Å². The van der Waals surface area contributed by atoms with Crippen molar-refractivity contribution >= 4 is 6.03 Å². The van der Waals surface area contributed by atoms with Crippen LogP contribution in [0.15, 0.2) is 48.7 Å². The van der Waals surface area contributed by atoms with Gasteiger partial charge in [0.2, 0.25) is 5.88 Å². The minimum Gasteiger partial charge on any atom is -0.475 e. The third kappa shape index (κ3) is 6.39. The molecule has 0 aliphatic rings. The van der Waals surface area contributed by atoms with Crippen LogP contribution in [0.25, 0.3) is 0 Å². The van der Waals surface area contributed by atoms with E-state index < -0.39 is 0 Å². The summed E-state index contributed by atoms with van der Waals surface area (Å²) in [5.41, 5.74) is 1.97. The van der Waals surface area contributed by atoms with Crippen molar-refractivity contribution in [1.29, 1.82) is 0 Å². The summed E-state index contributed by atoms with van der Waals surface area (Å²) in [4.78, 5) is 16.7. The lowest BCUT2D eigenvalue weighted by atomic mass is 9.97. The summed E-state index contributed by atoms with van der Waals surface area (Å²) < 4.78 is 5.70. The number of nitrogens with zero attached hydrogens (tertiary/aromatic N) is 1. The second-order valence-electron chi connectivity index (χ2n) is 7.05. The molecule has 2 rings (SSSR count). The second-order valence-corrected chi connectivity index (χ2v) is 7.05. The molecule has 2 N–H and O–H groups in total. The average Bonchev–Trinajstić information content (AvgIpc) is 2.60. The van der Waals surface area contributed by atoms with Gasteiger partial charge >= 0.3 is 6.03 Å². The molecule has 1 aromatic heterocycles. The first-order valence-corrected chi connectivity index (χ1v) is 9.15. The Labute approximate surface area is 156 Å². The molecule has 0 aliphatic heterocycles. The second kappa shape index (κ2) is 9.80. The number of nitrogens with one attached hydrogen (secondary N) is 2. The van der Waals surface area contributed by atoms with E-state index in [4.69, 9.17) is 4.74 Å². The van der Waals surface area contributed by atoms with Gasteiger partial charge in [0, 0.05) is 18.3 Å². The van der Waals surface area contributed by atoms with Crippen LogP contribution in [0, 0.1) is 5.92 Å². The number of ether oxygens (including phenoxy) is 1. The predicted molar refractivity (Wildman–Crippen MR) is 104 cm³/mol. The molecule has 1 heterocycles. The zero-order chi connectivity index (χ0) is 18.9. The lowest BCUT2D eigenvalue weighted by Crippen LogP contribution is -2.38. The van der Waals surface area contributed by atoms with Crippen molar-refractivity contribution in [3.63, 3.8) is 0 Å². The molecule has 0 aliphatic carbocycles. The monoisotopic (exact) mass is 355 g/mol. The lowest BCUT2D eigenvalue weighted by Gasteiger charge is -2.21. The number of hydrogen-bond donors (Lipinski definition) is 2. The van der Waals surface area contributed by atoms with Crippen LogP contribution in [0.3, 0.4) is 0 Å². The average molecular weight is 355 g/mol. The molecule has 5 nitrogen and oxygen atoms in total. The van der Waals surface area contributed by atoms with E-state index in [1.165, 1.54) is 0 Å². The summed E-state index contributed by atoms with van der Waals surface area (Å²) in [6, 6.07) is 13.6. The van der Waals surface area contributed by atoms with Gasteiger partial charge in [0.15, 0.2) is 0 Å². The highest BCUT2D eigenvalue weighted by Crippen LogP contribution is 2.21. The van der Waals surface area contributed by atoms with Crippen molar-refractivity contribution in [1.82, 2.24) is 15.6 Å². The fourth-order valence-corrected chi connectivity index (χ4v) is 2.71. The molecule has 0 spiro atoms. The zero-order valence-electron chi connectivity index (χ0n) is 16.0. The van der Waals surface area contributed by atoms with E-state index in [0.29, 0.717) is 18.3 Å². The summed E-state index contributed by atoms with van der Waals surface area (Å²) in [5, 5.41) is 6.00. The van der Waals surface area contributed by atoms with Crippen LogP contribution in [0.5, 0.6) is 5.88 Å². The smallest absolute Gasteiger partial charge is 0.315 e. The minimum atomic E-state index is -0.196. The van der Waals surface area contributed by atoms with Gasteiger partial charge in [-0.3, -0.25) is 0 Å². The van der Waals surface area contributed by atoms with Crippen molar-refractivity contribution in [2.24, 2.45) is 5.92 Å². The highest BCUT2D eigenvalue weighted by atomic mass is 16.5. The van der Waals surface area contributed by atoms with E-state index in [1.54, 1.807) is 6.20 Å².